The predicted molar refractivity (Wildman–Crippen MR) is 101 cm³/mol. The van der Waals surface area contributed by atoms with E-state index in [0.717, 1.165) is 20.3 Å². The second kappa shape index (κ2) is 7.15. The van der Waals surface area contributed by atoms with Crippen LogP contribution in [0.3, 0.4) is 0 Å². The van der Waals surface area contributed by atoms with E-state index < -0.39 is 5.97 Å². The van der Waals surface area contributed by atoms with E-state index >= 15 is 0 Å². The van der Waals surface area contributed by atoms with Gasteiger partial charge in [0.1, 0.15) is 11.4 Å². The average molecular weight is 443 g/mol. The van der Waals surface area contributed by atoms with Crippen LogP contribution >= 0.6 is 38.9 Å². The topological polar surface area (TPSA) is 73.2 Å². The number of hydrogen-bond acceptors (Lipinski definition) is 5. The molecule has 9 heteroatoms. The molecule has 0 aliphatic rings. The molecule has 0 aliphatic carbocycles. The monoisotopic (exact) mass is 441 g/mol. The third-order valence-corrected chi connectivity index (χ3v) is 6.04. The molecule has 0 fully saturated rings. The van der Waals surface area contributed by atoms with Gasteiger partial charge in [0, 0.05) is 15.8 Å². The molecule has 0 saturated heterocycles. The Kier molecular flexibility index (Phi) is 5.12. The maximum absolute atomic E-state index is 12.2. The fourth-order valence-corrected chi connectivity index (χ4v) is 4.05. The van der Waals surface area contributed by atoms with Crippen LogP contribution in [-0.4, -0.2) is 28.8 Å². The average Bonchev–Trinajstić information content (AvgIpc) is 3.08. The van der Waals surface area contributed by atoms with Crippen LogP contribution in [0.2, 0.25) is 5.02 Å². The smallest absolute Gasteiger partial charge is 0.349 e. The third kappa shape index (κ3) is 3.56. The summed E-state index contributed by atoms with van der Waals surface area (Å²) in [5, 5.41) is 8.07. The van der Waals surface area contributed by atoms with Crippen molar-refractivity contribution in [2.75, 3.05) is 12.4 Å². The van der Waals surface area contributed by atoms with Crippen molar-refractivity contribution >= 4 is 66.5 Å². The molecule has 130 valence electrons. The van der Waals surface area contributed by atoms with Gasteiger partial charge in [-0.1, -0.05) is 11.6 Å². The first-order valence-electron chi connectivity index (χ1n) is 7.19. The van der Waals surface area contributed by atoms with E-state index in [0.29, 0.717) is 15.6 Å². The Bertz CT molecular complexity index is 983. The van der Waals surface area contributed by atoms with Crippen LogP contribution in [0.4, 0.5) is 5.69 Å². The fourth-order valence-electron chi connectivity index (χ4n) is 2.29. The summed E-state index contributed by atoms with van der Waals surface area (Å²) in [5.74, 6) is -0.676. The van der Waals surface area contributed by atoms with Crippen molar-refractivity contribution in [1.29, 1.82) is 0 Å². The minimum absolute atomic E-state index is 0.105. The third-order valence-electron chi connectivity index (χ3n) is 3.62. The largest absolute Gasteiger partial charge is 0.465 e. The zero-order valence-corrected chi connectivity index (χ0v) is 16.5. The van der Waals surface area contributed by atoms with Gasteiger partial charge in [-0.2, -0.15) is 5.10 Å². The molecule has 3 rings (SSSR count). The van der Waals surface area contributed by atoms with Crippen LogP contribution in [0.1, 0.15) is 15.4 Å². The molecule has 0 unspecified atom stereocenters. The van der Waals surface area contributed by atoms with Crippen molar-refractivity contribution in [3.05, 3.63) is 44.5 Å². The van der Waals surface area contributed by atoms with Gasteiger partial charge in [0.15, 0.2) is 0 Å². The van der Waals surface area contributed by atoms with Crippen LogP contribution < -0.4 is 5.32 Å². The molecule has 0 atom stereocenters. The first kappa shape index (κ1) is 17.9. The highest BCUT2D eigenvalue weighted by Gasteiger charge is 2.18. The van der Waals surface area contributed by atoms with E-state index in [-0.39, 0.29) is 12.5 Å². The van der Waals surface area contributed by atoms with Gasteiger partial charge in [0.25, 0.3) is 0 Å². The molecule has 2 heterocycles. The van der Waals surface area contributed by atoms with Crippen LogP contribution in [-0.2, 0) is 16.1 Å². The first-order valence-corrected chi connectivity index (χ1v) is 9.17. The lowest BCUT2D eigenvalue weighted by Gasteiger charge is -2.07. The molecule has 0 saturated carbocycles. The lowest BCUT2D eigenvalue weighted by atomic mass is 10.2. The Morgan fingerprint density at radius 3 is 2.84 bits per heavy atom. The number of methoxy groups -OCH3 is 1. The minimum atomic E-state index is -0.475. The van der Waals surface area contributed by atoms with E-state index in [2.05, 4.69) is 26.3 Å². The van der Waals surface area contributed by atoms with Crippen molar-refractivity contribution in [3.8, 4) is 0 Å². The predicted octanol–water partition coefficient (Wildman–Crippen LogP) is 4.25. The number of anilines is 1. The summed E-state index contributed by atoms with van der Waals surface area (Å²) >= 11 is 10.8. The van der Waals surface area contributed by atoms with E-state index in [9.17, 15) is 9.59 Å². The lowest BCUT2D eigenvalue weighted by Crippen LogP contribution is -2.20. The number of amides is 1. The normalized spacial score (nSPS) is 10.9. The molecule has 25 heavy (non-hydrogen) atoms. The van der Waals surface area contributed by atoms with Crippen molar-refractivity contribution in [1.82, 2.24) is 9.78 Å². The zero-order valence-electron chi connectivity index (χ0n) is 13.3. The second-order valence-electron chi connectivity index (χ2n) is 5.23. The highest BCUT2D eigenvalue weighted by Crippen LogP contribution is 2.37. The molecule has 1 aromatic carbocycles. The maximum atomic E-state index is 12.2. The van der Waals surface area contributed by atoms with E-state index in [4.69, 9.17) is 16.3 Å². The number of halogens is 2. The fraction of sp³-hybridized carbons (Fsp3) is 0.188. The Morgan fingerprint density at radius 1 is 1.44 bits per heavy atom. The number of benzene rings is 1. The van der Waals surface area contributed by atoms with Gasteiger partial charge in [-0.15, -0.1) is 11.3 Å². The summed E-state index contributed by atoms with van der Waals surface area (Å²) in [6.07, 6.45) is 1.65. The SMILES string of the molecule is COC(=O)c1sc2cc(NC(=O)Cn3ncc(Br)c3C)ccc2c1Cl. The van der Waals surface area contributed by atoms with Gasteiger partial charge in [-0.25, -0.2) is 4.79 Å². The number of fused-ring (bicyclic) bond motifs is 1. The molecule has 0 radical (unpaired) electrons. The van der Waals surface area contributed by atoms with Gasteiger partial charge in [0.2, 0.25) is 5.91 Å². The molecule has 0 spiro atoms. The number of hydrogen-bond donors (Lipinski definition) is 1. The van der Waals surface area contributed by atoms with E-state index in [1.54, 1.807) is 29.1 Å². The Balaban J connectivity index is 1.81. The Hall–Kier alpha value is -1.90. The summed E-state index contributed by atoms with van der Waals surface area (Å²) in [7, 11) is 1.31. The molecule has 1 amide bonds. The molecule has 1 N–H and O–H groups in total. The number of carbonyl (C=O) groups is 2. The summed E-state index contributed by atoms with van der Waals surface area (Å²) < 4.78 is 7.98. The molecular formula is C16H13BrClN3O3S. The number of rotatable bonds is 4. The van der Waals surface area contributed by atoms with Crippen LogP contribution in [0.15, 0.2) is 28.9 Å². The van der Waals surface area contributed by atoms with Gasteiger partial charge < -0.3 is 10.1 Å². The maximum Gasteiger partial charge on any atom is 0.349 e. The zero-order chi connectivity index (χ0) is 18.1. The summed E-state index contributed by atoms with van der Waals surface area (Å²) in [5.41, 5.74) is 1.49. The second-order valence-corrected chi connectivity index (χ2v) is 7.52. The lowest BCUT2D eigenvalue weighted by molar-refractivity contribution is -0.116. The Morgan fingerprint density at radius 2 is 2.20 bits per heavy atom. The number of ether oxygens (including phenoxy) is 1. The molecule has 6 nitrogen and oxygen atoms in total. The Labute approximate surface area is 160 Å². The number of esters is 1. The molecule has 0 aliphatic heterocycles. The van der Waals surface area contributed by atoms with E-state index in [1.807, 2.05) is 6.92 Å². The minimum Gasteiger partial charge on any atom is -0.465 e. The number of aromatic nitrogens is 2. The standard InChI is InChI=1S/C16H13BrClN3O3S/c1-8-11(17)6-19-21(8)7-13(22)20-9-3-4-10-12(5-9)25-15(14(10)18)16(23)24-2/h3-6H,7H2,1-2H3,(H,20,22). The summed E-state index contributed by atoms with van der Waals surface area (Å²) in [6, 6.07) is 5.29. The molecule has 2 aromatic heterocycles. The first-order chi connectivity index (χ1) is 11.9. The molecular weight excluding hydrogens is 430 g/mol. The number of thiophene rings is 1. The van der Waals surface area contributed by atoms with Crippen LogP contribution in [0.25, 0.3) is 10.1 Å². The molecule has 0 bridgehead atoms. The van der Waals surface area contributed by atoms with Gasteiger partial charge in [-0.05, 0) is 41.1 Å². The van der Waals surface area contributed by atoms with Crippen molar-refractivity contribution in [3.63, 3.8) is 0 Å². The summed E-state index contributed by atoms with van der Waals surface area (Å²) in [4.78, 5) is 24.3. The highest BCUT2D eigenvalue weighted by atomic mass is 79.9. The highest BCUT2D eigenvalue weighted by molar-refractivity contribution is 9.10. The van der Waals surface area contributed by atoms with E-state index in [1.165, 1.54) is 18.4 Å². The number of carbonyl (C=O) groups excluding carboxylic acids is 2. The quantitative estimate of drug-likeness (QED) is 0.613. The van der Waals surface area contributed by atoms with Gasteiger partial charge in [0.05, 0.1) is 28.5 Å². The van der Waals surface area contributed by atoms with Crippen LogP contribution in [0.5, 0.6) is 0 Å². The van der Waals surface area contributed by atoms with Crippen molar-refractivity contribution < 1.29 is 14.3 Å². The molecule has 3 aromatic rings. The van der Waals surface area contributed by atoms with Gasteiger partial charge in [-0.3, -0.25) is 9.48 Å². The van der Waals surface area contributed by atoms with Crippen LogP contribution in [0, 0.1) is 6.92 Å². The summed E-state index contributed by atoms with van der Waals surface area (Å²) in [6.45, 7) is 1.98. The number of nitrogens with zero attached hydrogens (tertiary/aromatic N) is 2. The number of nitrogens with one attached hydrogen (secondary N) is 1. The van der Waals surface area contributed by atoms with Crippen molar-refractivity contribution in [2.45, 2.75) is 13.5 Å². The van der Waals surface area contributed by atoms with Crippen molar-refractivity contribution in [2.24, 2.45) is 0 Å². The van der Waals surface area contributed by atoms with Gasteiger partial charge >= 0.3 is 5.97 Å².